The average molecular weight is 273 g/mol. The van der Waals surface area contributed by atoms with E-state index < -0.39 is 0 Å². The van der Waals surface area contributed by atoms with Gasteiger partial charge in [-0.15, -0.1) is 0 Å². The standard InChI is InChI=1S/C15H23N5/c1-9(2)14-7-10(3)17-15(18-14)16-8-13-11(4)19-20(6)12(13)5/h7,9H,8H2,1-6H3,(H,16,17,18). The van der Waals surface area contributed by atoms with E-state index in [-0.39, 0.29) is 0 Å². The van der Waals surface area contributed by atoms with Gasteiger partial charge in [-0.1, -0.05) is 13.8 Å². The Kier molecular flexibility index (Phi) is 4.06. The van der Waals surface area contributed by atoms with Gasteiger partial charge in [-0.25, -0.2) is 9.97 Å². The molecule has 0 radical (unpaired) electrons. The normalized spacial score (nSPS) is 11.2. The van der Waals surface area contributed by atoms with Crippen molar-refractivity contribution in [1.82, 2.24) is 19.7 Å². The smallest absolute Gasteiger partial charge is 0.223 e. The van der Waals surface area contributed by atoms with Gasteiger partial charge < -0.3 is 5.32 Å². The Balaban J connectivity index is 2.18. The van der Waals surface area contributed by atoms with Crippen molar-refractivity contribution in [2.24, 2.45) is 7.05 Å². The highest BCUT2D eigenvalue weighted by Gasteiger charge is 2.10. The fourth-order valence-corrected chi connectivity index (χ4v) is 2.21. The molecule has 1 N–H and O–H groups in total. The number of hydrogen-bond acceptors (Lipinski definition) is 4. The van der Waals surface area contributed by atoms with Crippen molar-refractivity contribution in [1.29, 1.82) is 0 Å². The highest BCUT2D eigenvalue weighted by Crippen LogP contribution is 2.16. The number of nitrogens with one attached hydrogen (secondary N) is 1. The van der Waals surface area contributed by atoms with Crippen LogP contribution in [0.5, 0.6) is 0 Å². The Morgan fingerprint density at radius 2 is 1.90 bits per heavy atom. The first-order chi connectivity index (χ1) is 9.38. The molecule has 0 aromatic carbocycles. The van der Waals surface area contributed by atoms with Crippen LogP contribution in [0.2, 0.25) is 0 Å². The van der Waals surface area contributed by atoms with Crippen LogP contribution in [-0.2, 0) is 13.6 Å². The molecule has 2 aromatic heterocycles. The van der Waals surface area contributed by atoms with E-state index in [1.165, 1.54) is 11.3 Å². The zero-order valence-corrected chi connectivity index (χ0v) is 13.2. The van der Waals surface area contributed by atoms with Gasteiger partial charge in [-0.2, -0.15) is 5.10 Å². The first-order valence-electron chi connectivity index (χ1n) is 6.97. The van der Waals surface area contributed by atoms with Gasteiger partial charge in [0, 0.05) is 36.2 Å². The average Bonchev–Trinajstić information content (AvgIpc) is 2.60. The van der Waals surface area contributed by atoms with Gasteiger partial charge in [-0.05, 0) is 32.8 Å². The van der Waals surface area contributed by atoms with Crippen molar-refractivity contribution >= 4 is 5.95 Å². The Morgan fingerprint density at radius 3 is 2.45 bits per heavy atom. The molecule has 108 valence electrons. The van der Waals surface area contributed by atoms with Gasteiger partial charge in [0.1, 0.15) is 0 Å². The Hall–Kier alpha value is -1.91. The summed E-state index contributed by atoms with van der Waals surface area (Å²) in [7, 11) is 1.96. The van der Waals surface area contributed by atoms with Crippen LogP contribution in [0.1, 0.15) is 48.1 Å². The number of rotatable bonds is 4. The van der Waals surface area contributed by atoms with Gasteiger partial charge in [0.05, 0.1) is 5.69 Å². The summed E-state index contributed by atoms with van der Waals surface area (Å²) in [6.07, 6.45) is 0. The molecule has 2 heterocycles. The number of nitrogens with zero attached hydrogens (tertiary/aromatic N) is 4. The number of hydrogen-bond donors (Lipinski definition) is 1. The number of aryl methyl sites for hydroxylation is 3. The summed E-state index contributed by atoms with van der Waals surface area (Å²) in [5.74, 6) is 1.09. The Labute approximate surface area is 120 Å². The summed E-state index contributed by atoms with van der Waals surface area (Å²) in [5.41, 5.74) is 5.50. The molecule has 0 spiro atoms. The zero-order chi connectivity index (χ0) is 14.9. The molecular weight excluding hydrogens is 250 g/mol. The van der Waals surface area contributed by atoms with Gasteiger partial charge in [0.2, 0.25) is 5.95 Å². The van der Waals surface area contributed by atoms with E-state index in [4.69, 9.17) is 0 Å². The van der Waals surface area contributed by atoms with Crippen molar-refractivity contribution in [3.63, 3.8) is 0 Å². The second-order valence-corrected chi connectivity index (χ2v) is 5.54. The molecule has 20 heavy (non-hydrogen) atoms. The highest BCUT2D eigenvalue weighted by atomic mass is 15.3. The Bertz CT molecular complexity index is 613. The lowest BCUT2D eigenvalue weighted by Crippen LogP contribution is -2.08. The van der Waals surface area contributed by atoms with Crippen LogP contribution < -0.4 is 5.32 Å². The first-order valence-corrected chi connectivity index (χ1v) is 6.97. The molecule has 0 aliphatic rings. The van der Waals surface area contributed by atoms with E-state index >= 15 is 0 Å². The topological polar surface area (TPSA) is 55.6 Å². The van der Waals surface area contributed by atoms with E-state index in [1.807, 2.05) is 31.6 Å². The third-order valence-electron chi connectivity index (χ3n) is 3.55. The maximum atomic E-state index is 4.56. The summed E-state index contributed by atoms with van der Waals surface area (Å²) in [5, 5.41) is 7.74. The van der Waals surface area contributed by atoms with Crippen LogP contribution in [0.25, 0.3) is 0 Å². The molecule has 0 atom stereocenters. The number of anilines is 1. The van der Waals surface area contributed by atoms with Gasteiger partial charge in [0.15, 0.2) is 0 Å². The second kappa shape index (κ2) is 5.61. The fourth-order valence-electron chi connectivity index (χ4n) is 2.21. The molecular formula is C15H23N5. The van der Waals surface area contributed by atoms with Gasteiger partial charge >= 0.3 is 0 Å². The molecule has 0 unspecified atom stereocenters. The molecule has 0 aliphatic carbocycles. The highest BCUT2D eigenvalue weighted by molar-refractivity contribution is 5.33. The minimum atomic E-state index is 0.402. The first kappa shape index (κ1) is 14.5. The van der Waals surface area contributed by atoms with Crippen LogP contribution in [-0.4, -0.2) is 19.7 Å². The SMILES string of the molecule is Cc1cc(C(C)C)nc(NCc2c(C)nn(C)c2C)n1. The summed E-state index contributed by atoms with van der Waals surface area (Å²) >= 11 is 0. The maximum absolute atomic E-state index is 4.56. The largest absolute Gasteiger partial charge is 0.350 e. The van der Waals surface area contributed by atoms with Crippen molar-refractivity contribution in [2.75, 3.05) is 5.32 Å². The molecule has 0 amide bonds. The predicted octanol–water partition coefficient (Wildman–Crippen LogP) is 2.87. The number of aromatic nitrogens is 4. The predicted molar refractivity (Wildman–Crippen MR) is 80.9 cm³/mol. The Morgan fingerprint density at radius 1 is 1.20 bits per heavy atom. The third-order valence-corrected chi connectivity index (χ3v) is 3.55. The quantitative estimate of drug-likeness (QED) is 0.930. The molecule has 5 heteroatoms. The van der Waals surface area contributed by atoms with Crippen molar-refractivity contribution < 1.29 is 0 Å². The molecule has 5 nitrogen and oxygen atoms in total. The molecule has 0 aliphatic heterocycles. The van der Waals surface area contributed by atoms with E-state index in [0.29, 0.717) is 18.4 Å². The minimum absolute atomic E-state index is 0.402. The van der Waals surface area contributed by atoms with Crippen LogP contribution >= 0.6 is 0 Å². The summed E-state index contributed by atoms with van der Waals surface area (Å²) in [6, 6.07) is 2.04. The monoisotopic (exact) mass is 273 g/mol. The van der Waals surface area contributed by atoms with E-state index in [0.717, 1.165) is 17.1 Å². The lowest BCUT2D eigenvalue weighted by atomic mass is 10.1. The van der Waals surface area contributed by atoms with Crippen LogP contribution in [0.3, 0.4) is 0 Å². The molecule has 0 bridgehead atoms. The minimum Gasteiger partial charge on any atom is -0.350 e. The van der Waals surface area contributed by atoms with Crippen molar-refractivity contribution in [3.05, 3.63) is 34.4 Å². The molecule has 0 saturated carbocycles. The van der Waals surface area contributed by atoms with Crippen molar-refractivity contribution in [3.8, 4) is 0 Å². The van der Waals surface area contributed by atoms with Crippen LogP contribution in [0.15, 0.2) is 6.07 Å². The molecule has 0 fully saturated rings. The molecule has 2 aromatic rings. The van der Waals surface area contributed by atoms with Crippen LogP contribution in [0.4, 0.5) is 5.95 Å². The van der Waals surface area contributed by atoms with E-state index in [2.05, 4.69) is 41.2 Å². The lowest BCUT2D eigenvalue weighted by Gasteiger charge is -2.10. The third kappa shape index (κ3) is 2.98. The summed E-state index contributed by atoms with van der Waals surface area (Å²) in [6.45, 7) is 11.1. The summed E-state index contributed by atoms with van der Waals surface area (Å²) in [4.78, 5) is 9.01. The van der Waals surface area contributed by atoms with Gasteiger partial charge in [0.25, 0.3) is 0 Å². The molecule has 0 saturated heterocycles. The maximum Gasteiger partial charge on any atom is 0.223 e. The van der Waals surface area contributed by atoms with Crippen LogP contribution in [0, 0.1) is 20.8 Å². The lowest BCUT2D eigenvalue weighted by molar-refractivity contribution is 0.730. The summed E-state index contributed by atoms with van der Waals surface area (Å²) < 4.78 is 1.91. The zero-order valence-electron chi connectivity index (χ0n) is 13.2. The molecule has 2 rings (SSSR count). The van der Waals surface area contributed by atoms with Gasteiger partial charge in [-0.3, -0.25) is 4.68 Å². The van der Waals surface area contributed by atoms with E-state index in [9.17, 15) is 0 Å². The van der Waals surface area contributed by atoms with Crippen molar-refractivity contribution in [2.45, 2.75) is 47.1 Å². The fraction of sp³-hybridized carbons (Fsp3) is 0.533. The van der Waals surface area contributed by atoms with E-state index in [1.54, 1.807) is 0 Å². The second-order valence-electron chi connectivity index (χ2n) is 5.54.